The van der Waals surface area contributed by atoms with Crippen LogP contribution in [0.25, 0.3) is 6.08 Å². The molecular weight excluding hydrogens is 366 g/mol. The molecule has 8 nitrogen and oxygen atoms in total. The van der Waals surface area contributed by atoms with Crippen molar-refractivity contribution in [2.24, 2.45) is 0 Å². The number of halogens is 2. The van der Waals surface area contributed by atoms with Gasteiger partial charge in [-0.05, 0) is 37.6 Å². The van der Waals surface area contributed by atoms with Crippen molar-refractivity contribution in [2.45, 2.75) is 26.6 Å². The summed E-state index contributed by atoms with van der Waals surface area (Å²) in [4.78, 5) is 34.7. The van der Waals surface area contributed by atoms with Gasteiger partial charge in [0.2, 0.25) is 0 Å². The van der Waals surface area contributed by atoms with Gasteiger partial charge >= 0.3 is 18.6 Å². The van der Waals surface area contributed by atoms with Crippen LogP contribution >= 0.6 is 0 Å². The largest absolute Gasteiger partial charge is 0.493 e. The van der Waals surface area contributed by atoms with Crippen molar-refractivity contribution in [1.82, 2.24) is 10.6 Å². The molecule has 1 aromatic carbocycles. The molecule has 0 aliphatic heterocycles. The molecule has 0 aliphatic carbocycles. The van der Waals surface area contributed by atoms with E-state index in [0.717, 1.165) is 6.08 Å². The van der Waals surface area contributed by atoms with Crippen molar-refractivity contribution in [3.63, 3.8) is 0 Å². The van der Waals surface area contributed by atoms with E-state index in [-0.39, 0.29) is 11.5 Å². The summed E-state index contributed by atoms with van der Waals surface area (Å²) in [6, 6.07) is 3.37. The number of rotatable bonds is 8. The standard InChI is InChI=1S/C17H20F2N2O6/c1-4-20-17(24)21-15(23)10(2)26-14(22)8-6-11-5-7-12(27-16(18)19)13(9-11)25-3/h5-10,16H,4H2,1-3H3,(H2,20,21,23,24)/b8-6+/t10-/m0/s1. The van der Waals surface area contributed by atoms with E-state index in [1.165, 1.54) is 38.3 Å². The number of benzene rings is 1. The van der Waals surface area contributed by atoms with E-state index in [2.05, 4.69) is 10.1 Å². The molecule has 1 atom stereocenters. The lowest BCUT2D eigenvalue weighted by Crippen LogP contribution is -2.44. The van der Waals surface area contributed by atoms with Crippen molar-refractivity contribution < 1.29 is 37.4 Å². The average molecular weight is 386 g/mol. The van der Waals surface area contributed by atoms with E-state index in [1.54, 1.807) is 6.92 Å². The number of imide groups is 1. The van der Waals surface area contributed by atoms with Gasteiger partial charge in [0.1, 0.15) is 0 Å². The van der Waals surface area contributed by atoms with Crippen LogP contribution < -0.4 is 20.1 Å². The van der Waals surface area contributed by atoms with Crippen LogP contribution in [0, 0.1) is 0 Å². The van der Waals surface area contributed by atoms with Crippen LogP contribution in [0.5, 0.6) is 11.5 Å². The molecule has 27 heavy (non-hydrogen) atoms. The third-order valence-corrected chi connectivity index (χ3v) is 3.05. The fraction of sp³-hybridized carbons (Fsp3) is 0.353. The topological polar surface area (TPSA) is 103 Å². The first-order valence-corrected chi connectivity index (χ1v) is 7.87. The van der Waals surface area contributed by atoms with E-state index in [1.807, 2.05) is 5.32 Å². The Labute approximate surface area is 154 Å². The number of carbonyl (C=O) groups is 3. The van der Waals surface area contributed by atoms with Crippen LogP contribution in [0.3, 0.4) is 0 Å². The van der Waals surface area contributed by atoms with E-state index < -0.39 is 30.6 Å². The number of alkyl halides is 2. The summed E-state index contributed by atoms with van der Waals surface area (Å²) in [5, 5.41) is 4.38. The molecule has 0 aliphatic rings. The number of carbonyl (C=O) groups excluding carboxylic acids is 3. The van der Waals surface area contributed by atoms with Gasteiger partial charge in [0.25, 0.3) is 5.91 Å². The lowest BCUT2D eigenvalue weighted by molar-refractivity contribution is -0.149. The minimum atomic E-state index is -3.00. The number of amides is 3. The average Bonchev–Trinajstić information content (AvgIpc) is 2.60. The third kappa shape index (κ3) is 7.72. The molecule has 10 heteroatoms. The maximum absolute atomic E-state index is 12.3. The minimum Gasteiger partial charge on any atom is -0.493 e. The zero-order chi connectivity index (χ0) is 20.4. The van der Waals surface area contributed by atoms with Gasteiger partial charge in [-0.2, -0.15) is 8.78 Å². The summed E-state index contributed by atoms with van der Waals surface area (Å²) < 4.78 is 38.7. The Hall–Kier alpha value is -3.17. The van der Waals surface area contributed by atoms with Crippen LogP contribution in [0.4, 0.5) is 13.6 Å². The first kappa shape index (κ1) is 21.9. The molecule has 0 saturated heterocycles. The van der Waals surface area contributed by atoms with Gasteiger partial charge in [-0.15, -0.1) is 0 Å². The number of urea groups is 1. The first-order valence-electron chi connectivity index (χ1n) is 7.87. The van der Waals surface area contributed by atoms with Crippen molar-refractivity contribution >= 4 is 24.0 Å². The Kier molecular flexibility index (Phi) is 8.70. The fourth-order valence-electron chi connectivity index (χ4n) is 1.83. The minimum absolute atomic E-state index is 0.0560. The molecule has 0 spiro atoms. The molecule has 3 amide bonds. The zero-order valence-electron chi connectivity index (χ0n) is 15.0. The molecule has 2 N–H and O–H groups in total. The molecular formula is C17H20F2N2O6. The van der Waals surface area contributed by atoms with Gasteiger partial charge in [0.05, 0.1) is 7.11 Å². The number of ether oxygens (including phenoxy) is 3. The highest BCUT2D eigenvalue weighted by Gasteiger charge is 2.18. The van der Waals surface area contributed by atoms with Crippen LogP contribution in [0.1, 0.15) is 19.4 Å². The second-order valence-electron chi connectivity index (χ2n) is 5.05. The number of nitrogens with one attached hydrogen (secondary N) is 2. The second kappa shape index (κ2) is 10.7. The van der Waals surface area contributed by atoms with Crippen LogP contribution in [-0.2, 0) is 14.3 Å². The van der Waals surface area contributed by atoms with Gasteiger partial charge in [0.15, 0.2) is 17.6 Å². The first-order chi connectivity index (χ1) is 12.8. The van der Waals surface area contributed by atoms with Crippen molar-refractivity contribution in [1.29, 1.82) is 0 Å². The number of hydrogen-bond acceptors (Lipinski definition) is 6. The predicted octanol–water partition coefficient (Wildman–Crippen LogP) is 2.09. The monoisotopic (exact) mass is 386 g/mol. The third-order valence-electron chi connectivity index (χ3n) is 3.05. The van der Waals surface area contributed by atoms with Crippen molar-refractivity contribution in [3.8, 4) is 11.5 Å². The summed E-state index contributed by atoms with van der Waals surface area (Å²) in [6.07, 6.45) is 1.19. The van der Waals surface area contributed by atoms with Crippen LogP contribution in [0.2, 0.25) is 0 Å². The van der Waals surface area contributed by atoms with Gasteiger partial charge in [-0.25, -0.2) is 9.59 Å². The Bertz CT molecular complexity index is 709. The lowest BCUT2D eigenvalue weighted by atomic mass is 10.2. The molecule has 0 unspecified atom stereocenters. The lowest BCUT2D eigenvalue weighted by Gasteiger charge is -2.12. The Morgan fingerprint density at radius 2 is 1.93 bits per heavy atom. The summed E-state index contributed by atoms with van der Waals surface area (Å²) in [7, 11) is 1.28. The highest BCUT2D eigenvalue weighted by atomic mass is 19.3. The smallest absolute Gasteiger partial charge is 0.387 e. The molecule has 0 heterocycles. The van der Waals surface area contributed by atoms with Crippen LogP contribution in [-0.4, -0.2) is 44.3 Å². The molecule has 0 fully saturated rings. The maximum atomic E-state index is 12.3. The maximum Gasteiger partial charge on any atom is 0.387 e. The van der Waals surface area contributed by atoms with Gasteiger partial charge in [0, 0.05) is 12.6 Å². The summed E-state index contributed by atoms with van der Waals surface area (Å²) in [5.41, 5.74) is 0.449. The van der Waals surface area contributed by atoms with Gasteiger partial charge in [-0.1, -0.05) is 6.07 Å². The number of hydrogen-bond donors (Lipinski definition) is 2. The normalized spacial score (nSPS) is 11.8. The number of esters is 1. The number of methoxy groups -OCH3 is 1. The van der Waals surface area contributed by atoms with Gasteiger partial charge in [-0.3, -0.25) is 10.1 Å². The van der Waals surface area contributed by atoms with E-state index in [9.17, 15) is 23.2 Å². The molecule has 148 valence electrons. The van der Waals surface area contributed by atoms with Crippen molar-refractivity contribution in [3.05, 3.63) is 29.8 Å². The Morgan fingerprint density at radius 1 is 1.22 bits per heavy atom. The molecule has 0 radical (unpaired) electrons. The molecule has 0 saturated carbocycles. The van der Waals surface area contributed by atoms with E-state index >= 15 is 0 Å². The SMILES string of the molecule is CCNC(=O)NC(=O)[C@H](C)OC(=O)/C=C/c1ccc(OC(F)F)c(OC)c1. The highest BCUT2D eigenvalue weighted by Crippen LogP contribution is 2.29. The second-order valence-corrected chi connectivity index (χ2v) is 5.05. The summed E-state index contributed by atoms with van der Waals surface area (Å²) >= 11 is 0. The van der Waals surface area contributed by atoms with Crippen molar-refractivity contribution in [2.75, 3.05) is 13.7 Å². The van der Waals surface area contributed by atoms with E-state index in [0.29, 0.717) is 12.1 Å². The summed E-state index contributed by atoms with van der Waals surface area (Å²) in [5.74, 6) is -1.71. The Morgan fingerprint density at radius 3 is 2.52 bits per heavy atom. The molecule has 0 aromatic heterocycles. The Balaban J connectivity index is 2.67. The molecule has 1 rings (SSSR count). The molecule has 1 aromatic rings. The predicted molar refractivity (Wildman–Crippen MR) is 91.4 cm³/mol. The highest BCUT2D eigenvalue weighted by molar-refractivity contribution is 5.98. The van der Waals surface area contributed by atoms with Crippen LogP contribution in [0.15, 0.2) is 24.3 Å². The quantitative estimate of drug-likeness (QED) is 0.524. The molecule has 0 bridgehead atoms. The van der Waals surface area contributed by atoms with Gasteiger partial charge < -0.3 is 19.5 Å². The van der Waals surface area contributed by atoms with E-state index in [4.69, 9.17) is 9.47 Å². The zero-order valence-corrected chi connectivity index (χ0v) is 15.0. The fourth-order valence-corrected chi connectivity index (χ4v) is 1.83. The summed E-state index contributed by atoms with van der Waals surface area (Å²) in [6.45, 7) is 0.321.